The van der Waals surface area contributed by atoms with Gasteiger partial charge in [0.15, 0.2) is 6.07 Å². The molecular weight excluding hydrogens is 368 g/mol. The molecule has 26 heavy (non-hydrogen) atoms. The van der Waals surface area contributed by atoms with Crippen LogP contribution in [-0.2, 0) is 17.5 Å². The third-order valence-corrected chi connectivity index (χ3v) is 3.37. The Kier molecular flexibility index (Phi) is 6.31. The number of aromatic nitrogens is 1. The Hall–Kier alpha value is -2.69. The first kappa shape index (κ1) is 21.4. The Bertz CT molecular complexity index is 723. The number of hydrogen-bond donors (Lipinski definition) is 0. The fourth-order valence-electron chi connectivity index (χ4n) is 2.13. The van der Waals surface area contributed by atoms with E-state index in [-0.39, 0.29) is 6.61 Å². The van der Waals surface area contributed by atoms with Gasteiger partial charge < -0.3 is 9.30 Å². The lowest BCUT2D eigenvalue weighted by Gasteiger charge is -2.16. The number of carbonyl (C=O) groups is 1. The Labute approximate surface area is 144 Å². The van der Waals surface area contributed by atoms with Crippen molar-refractivity contribution in [3.05, 3.63) is 34.9 Å². The van der Waals surface area contributed by atoms with E-state index in [1.807, 2.05) is 0 Å². The number of rotatable bonds is 6. The molecule has 1 aromatic heterocycles. The van der Waals surface area contributed by atoms with Gasteiger partial charge in [0.05, 0.1) is 30.6 Å². The summed E-state index contributed by atoms with van der Waals surface area (Å²) in [6.45, 7) is 7.45. The molecule has 11 heteroatoms. The molecule has 1 rings (SSSR count). The van der Waals surface area contributed by atoms with Crippen LogP contribution >= 0.6 is 0 Å². The van der Waals surface area contributed by atoms with Crippen LogP contribution in [0.4, 0.5) is 26.3 Å². The molecule has 0 saturated heterocycles. The molecule has 0 radical (unpaired) electrons. The van der Waals surface area contributed by atoms with E-state index >= 15 is 0 Å². The normalized spacial score (nSPS) is 14.2. The number of hydrogen-bond acceptors (Lipinski definition) is 3. The number of alkyl halides is 6. The van der Waals surface area contributed by atoms with Crippen LogP contribution in [-0.4, -0.2) is 28.9 Å². The summed E-state index contributed by atoms with van der Waals surface area (Å²) >= 11 is 0. The smallest absolute Gasteiger partial charge is 0.418 e. The number of ether oxygens (including phenoxy) is 1. The van der Waals surface area contributed by atoms with Crippen molar-refractivity contribution in [1.82, 2.24) is 4.57 Å². The minimum atomic E-state index is -4.92. The van der Waals surface area contributed by atoms with Gasteiger partial charge in [-0.05, 0) is 6.92 Å². The zero-order chi connectivity index (χ0) is 20.2. The Morgan fingerprint density at radius 3 is 2.31 bits per heavy atom. The predicted octanol–water partition coefficient (Wildman–Crippen LogP) is 4.21. The first-order chi connectivity index (χ1) is 11.9. The molecule has 1 unspecified atom stereocenters. The van der Waals surface area contributed by atoms with Gasteiger partial charge in [0.2, 0.25) is 0 Å². The molecule has 0 aliphatic carbocycles. The highest BCUT2D eigenvalue weighted by Gasteiger charge is 2.43. The fraction of sp³-hybridized carbons (Fsp3) is 0.533. The molecule has 0 N–H and O–H groups in total. The van der Waals surface area contributed by atoms with E-state index in [4.69, 9.17) is 11.8 Å². The molecule has 1 aromatic rings. The van der Waals surface area contributed by atoms with Crippen molar-refractivity contribution in [3.8, 4) is 6.07 Å². The van der Waals surface area contributed by atoms with Crippen LogP contribution in [0.1, 0.15) is 35.7 Å². The van der Waals surface area contributed by atoms with E-state index in [1.54, 1.807) is 0 Å². The minimum absolute atomic E-state index is 0.183. The van der Waals surface area contributed by atoms with Gasteiger partial charge in [-0.2, -0.15) is 31.6 Å². The van der Waals surface area contributed by atoms with Crippen LogP contribution in [0.3, 0.4) is 0 Å². The highest BCUT2D eigenvalue weighted by atomic mass is 19.4. The number of halogens is 6. The molecular formula is C15H13F6N3O2. The van der Waals surface area contributed by atoms with Gasteiger partial charge >= 0.3 is 23.9 Å². The van der Waals surface area contributed by atoms with E-state index in [0.717, 1.165) is 0 Å². The standard InChI is InChI=1S/C15H13F6N3O2/c1-3-26-12(25)10-6-24(7-11(10)15(19,20)21)9-13(8-22,23-2)4-5-14(16,17)18/h6-7H,3-5,9H2,1H3. The monoisotopic (exact) mass is 381 g/mol. The molecule has 1 heterocycles. The zero-order valence-corrected chi connectivity index (χ0v) is 13.4. The molecule has 1 atom stereocenters. The van der Waals surface area contributed by atoms with Crippen molar-refractivity contribution in [2.75, 3.05) is 6.61 Å². The van der Waals surface area contributed by atoms with E-state index in [9.17, 15) is 31.1 Å². The van der Waals surface area contributed by atoms with Gasteiger partial charge in [-0.1, -0.05) is 0 Å². The van der Waals surface area contributed by atoms with Crippen LogP contribution in [0.2, 0.25) is 0 Å². The van der Waals surface area contributed by atoms with Gasteiger partial charge in [0.1, 0.15) is 6.54 Å². The van der Waals surface area contributed by atoms with Crippen molar-refractivity contribution < 1.29 is 35.9 Å². The lowest BCUT2D eigenvalue weighted by molar-refractivity contribution is -0.138. The van der Waals surface area contributed by atoms with Gasteiger partial charge in [-0.15, -0.1) is 0 Å². The second-order valence-electron chi connectivity index (χ2n) is 5.35. The van der Waals surface area contributed by atoms with Crippen LogP contribution in [0.5, 0.6) is 0 Å². The Morgan fingerprint density at radius 1 is 1.27 bits per heavy atom. The molecule has 0 saturated carbocycles. The number of esters is 1. The lowest BCUT2D eigenvalue weighted by Crippen LogP contribution is -2.30. The molecule has 0 aliphatic rings. The first-order valence-electron chi connectivity index (χ1n) is 7.18. The van der Waals surface area contributed by atoms with E-state index in [1.165, 1.54) is 13.0 Å². The highest BCUT2D eigenvalue weighted by Crippen LogP contribution is 2.35. The molecule has 0 fully saturated rings. The number of nitrogens with zero attached hydrogens (tertiary/aromatic N) is 3. The second-order valence-corrected chi connectivity index (χ2v) is 5.35. The fourth-order valence-corrected chi connectivity index (χ4v) is 2.13. The lowest BCUT2D eigenvalue weighted by atomic mass is 9.95. The number of carbonyl (C=O) groups excluding carboxylic acids is 1. The molecule has 0 bridgehead atoms. The van der Waals surface area contributed by atoms with Gasteiger partial charge in [-0.25, -0.2) is 11.4 Å². The average Bonchev–Trinajstić information content (AvgIpc) is 2.95. The summed E-state index contributed by atoms with van der Waals surface area (Å²) in [5.74, 6) is -1.26. The second kappa shape index (κ2) is 7.68. The average molecular weight is 381 g/mol. The van der Waals surface area contributed by atoms with E-state index in [0.29, 0.717) is 17.0 Å². The van der Waals surface area contributed by atoms with Crippen molar-refractivity contribution in [2.24, 2.45) is 0 Å². The summed E-state index contributed by atoms with van der Waals surface area (Å²) in [5.41, 5.74) is -4.42. The maximum atomic E-state index is 13.1. The van der Waals surface area contributed by atoms with E-state index in [2.05, 4.69) is 9.58 Å². The van der Waals surface area contributed by atoms with Crippen molar-refractivity contribution >= 4 is 5.97 Å². The van der Waals surface area contributed by atoms with Crippen LogP contribution in [0.25, 0.3) is 4.85 Å². The summed E-state index contributed by atoms with van der Waals surface area (Å²) in [7, 11) is 0. The summed E-state index contributed by atoms with van der Waals surface area (Å²) in [5, 5.41) is 9.11. The Morgan fingerprint density at radius 2 is 1.88 bits per heavy atom. The quantitative estimate of drug-likeness (QED) is 0.421. The molecule has 0 spiro atoms. The molecule has 0 aromatic carbocycles. The van der Waals surface area contributed by atoms with Crippen LogP contribution < -0.4 is 0 Å². The third-order valence-electron chi connectivity index (χ3n) is 3.37. The summed E-state index contributed by atoms with van der Waals surface area (Å²) < 4.78 is 81.6. The van der Waals surface area contributed by atoms with Crippen molar-refractivity contribution in [2.45, 2.75) is 44.2 Å². The predicted molar refractivity (Wildman–Crippen MR) is 75.6 cm³/mol. The van der Waals surface area contributed by atoms with Crippen LogP contribution in [0.15, 0.2) is 12.4 Å². The minimum Gasteiger partial charge on any atom is -0.462 e. The summed E-state index contributed by atoms with van der Waals surface area (Å²) in [4.78, 5) is 14.6. The largest absolute Gasteiger partial charge is 0.462 e. The summed E-state index contributed by atoms with van der Waals surface area (Å²) in [6.07, 6.45) is -10.7. The molecule has 142 valence electrons. The van der Waals surface area contributed by atoms with E-state index < -0.39 is 54.4 Å². The van der Waals surface area contributed by atoms with Gasteiger partial charge in [0, 0.05) is 12.4 Å². The van der Waals surface area contributed by atoms with Crippen molar-refractivity contribution in [3.63, 3.8) is 0 Å². The molecule has 0 aliphatic heterocycles. The third kappa shape index (κ3) is 5.41. The number of nitriles is 1. The maximum Gasteiger partial charge on any atom is 0.418 e. The maximum absolute atomic E-state index is 13.1. The Balaban J connectivity index is 3.24. The van der Waals surface area contributed by atoms with Crippen molar-refractivity contribution in [1.29, 1.82) is 5.26 Å². The topological polar surface area (TPSA) is 59.4 Å². The summed E-state index contributed by atoms with van der Waals surface area (Å²) in [6, 6.07) is 1.44. The first-order valence-corrected chi connectivity index (χ1v) is 7.18. The van der Waals surface area contributed by atoms with Gasteiger partial charge in [0.25, 0.3) is 0 Å². The SMILES string of the molecule is [C-]#[N+]C(C#N)(CCC(F)(F)F)Cn1cc(C(=O)OCC)c(C(F)(F)F)c1. The highest BCUT2D eigenvalue weighted by molar-refractivity contribution is 5.91. The van der Waals surface area contributed by atoms with Gasteiger partial charge in [-0.3, -0.25) is 4.85 Å². The molecule has 5 nitrogen and oxygen atoms in total. The van der Waals surface area contributed by atoms with Crippen LogP contribution in [0, 0.1) is 17.9 Å². The zero-order valence-electron chi connectivity index (χ0n) is 13.4. The molecule has 0 amide bonds.